The van der Waals surface area contributed by atoms with E-state index in [-0.39, 0.29) is 19.0 Å². The lowest BCUT2D eigenvalue weighted by Crippen LogP contribution is -2.31. The van der Waals surface area contributed by atoms with Gasteiger partial charge in [-0.25, -0.2) is 0 Å². The number of hydrogen-bond acceptors (Lipinski definition) is 3. The molecule has 0 radical (unpaired) electrons. The molecule has 94 valence electrons. The molecule has 0 aromatic carbocycles. The number of β-amino-alcohol motifs (C(OH)–C–C–N with tert-alkyl or cyclic N) is 2. The minimum Gasteiger partial charge on any atom is -0.388 e. The maximum atomic E-state index is 12.2. The van der Waals surface area contributed by atoms with Gasteiger partial charge in [-0.3, -0.25) is 4.79 Å². The maximum absolute atomic E-state index is 12.2. The number of halogens is 1. The molecule has 1 aromatic rings. The van der Waals surface area contributed by atoms with Gasteiger partial charge < -0.3 is 19.7 Å². The zero-order chi connectivity index (χ0) is 12.6. The van der Waals surface area contributed by atoms with Crippen molar-refractivity contribution in [2.45, 2.75) is 25.7 Å². The molecular weight excluding hydrogens is 244 g/mol. The van der Waals surface area contributed by atoms with Crippen LogP contribution < -0.4 is 0 Å². The Morgan fingerprint density at radius 3 is 2.59 bits per heavy atom. The van der Waals surface area contributed by atoms with Crippen LogP contribution in [0.15, 0.2) is 12.3 Å². The average molecular weight is 259 g/mol. The summed E-state index contributed by atoms with van der Waals surface area (Å²) >= 11 is 5.86. The van der Waals surface area contributed by atoms with Crippen LogP contribution in [-0.4, -0.2) is 50.9 Å². The number of nitrogens with zero attached hydrogens (tertiary/aromatic N) is 2. The molecule has 1 aliphatic rings. The Morgan fingerprint density at radius 1 is 1.47 bits per heavy atom. The molecule has 1 amide bonds. The molecule has 2 rings (SSSR count). The van der Waals surface area contributed by atoms with Crippen molar-refractivity contribution in [3.8, 4) is 0 Å². The standard InChI is InChI=1S/C11H15ClN2O3/c1-2-13-4-7(12)3-8(13)11(17)14-5-9(15)10(16)6-14/h3-4,9-10,15-16H,2,5-6H2,1H3/t9-,10+. The van der Waals surface area contributed by atoms with E-state index in [0.717, 1.165) is 0 Å². The topological polar surface area (TPSA) is 65.7 Å². The SMILES string of the molecule is CCn1cc(Cl)cc1C(=O)N1C[C@@H](O)[C@@H](O)C1. The molecule has 0 spiro atoms. The molecule has 1 aromatic heterocycles. The van der Waals surface area contributed by atoms with Crippen LogP contribution in [-0.2, 0) is 6.54 Å². The van der Waals surface area contributed by atoms with Gasteiger partial charge in [0.2, 0.25) is 0 Å². The van der Waals surface area contributed by atoms with Gasteiger partial charge >= 0.3 is 0 Å². The van der Waals surface area contributed by atoms with E-state index in [4.69, 9.17) is 11.6 Å². The van der Waals surface area contributed by atoms with Crippen molar-refractivity contribution < 1.29 is 15.0 Å². The van der Waals surface area contributed by atoms with Gasteiger partial charge in [0.25, 0.3) is 5.91 Å². The van der Waals surface area contributed by atoms with Gasteiger partial charge in [-0.2, -0.15) is 0 Å². The van der Waals surface area contributed by atoms with Crippen molar-refractivity contribution in [1.29, 1.82) is 0 Å². The third-order valence-electron chi connectivity index (χ3n) is 2.97. The number of aliphatic hydroxyl groups is 2. The first-order valence-corrected chi connectivity index (χ1v) is 5.91. The second kappa shape index (κ2) is 4.68. The van der Waals surface area contributed by atoms with Crippen molar-refractivity contribution in [3.05, 3.63) is 23.0 Å². The van der Waals surface area contributed by atoms with Crippen LogP contribution in [0.2, 0.25) is 5.02 Å². The van der Waals surface area contributed by atoms with E-state index in [1.54, 1.807) is 16.8 Å². The second-order valence-electron chi connectivity index (χ2n) is 4.17. The zero-order valence-corrected chi connectivity index (χ0v) is 10.3. The van der Waals surface area contributed by atoms with Crippen LogP contribution in [0.5, 0.6) is 0 Å². The van der Waals surface area contributed by atoms with Gasteiger partial charge in [-0.05, 0) is 13.0 Å². The molecular formula is C11H15ClN2O3. The first kappa shape index (κ1) is 12.4. The van der Waals surface area contributed by atoms with Crippen LogP contribution in [0.4, 0.5) is 0 Å². The molecule has 0 aliphatic carbocycles. The molecule has 2 atom stereocenters. The lowest BCUT2D eigenvalue weighted by Gasteiger charge is -2.16. The van der Waals surface area contributed by atoms with Gasteiger partial charge in [0, 0.05) is 25.8 Å². The van der Waals surface area contributed by atoms with Crippen LogP contribution >= 0.6 is 11.6 Å². The number of hydrogen-bond donors (Lipinski definition) is 2. The summed E-state index contributed by atoms with van der Waals surface area (Å²) in [6, 6.07) is 1.60. The smallest absolute Gasteiger partial charge is 0.270 e. The molecule has 6 heteroatoms. The van der Waals surface area contributed by atoms with Crippen molar-refractivity contribution in [2.24, 2.45) is 0 Å². The summed E-state index contributed by atoms with van der Waals surface area (Å²) in [5.74, 6) is -0.214. The minimum atomic E-state index is -0.862. The Kier molecular flexibility index (Phi) is 3.42. The quantitative estimate of drug-likeness (QED) is 0.804. The summed E-state index contributed by atoms with van der Waals surface area (Å²) < 4.78 is 1.75. The summed E-state index contributed by atoms with van der Waals surface area (Å²) in [5.41, 5.74) is 0.485. The summed E-state index contributed by atoms with van der Waals surface area (Å²) in [6.45, 7) is 2.88. The van der Waals surface area contributed by atoms with E-state index in [2.05, 4.69) is 0 Å². The second-order valence-corrected chi connectivity index (χ2v) is 4.61. The number of likely N-dealkylation sites (tertiary alicyclic amines) is 1. The normalized spacial score (nSPS) is 24.4. The van der Waals surface area contributed by atoms with Gasteiger partial charge in [-0.1, -0.05) is 11.6 Å². The lowest BCUT2D eigenvalue weighted by atomic mass is 10.3. The number of carbonyl (C=O) groups is 1. The Hall–Kier alpha value is -1.04. The highest BCUT2D eigenvalue weighted by Crippen LogP contribution is 2.19. The lowest BCUT2D eigenvalue weighted by molar-refractivity contribution is 0.0572. The van der Waals surface area contributed by atoms with E-state index in [0.29, 0.717) is 17.3 Å². The molecule has 0 unspecified atom stereocenters. The Labute approximate surface area is 104 Å². The highest BCUT2D eigenvalue weighted by Gasteiger charge is 2.33. The highest BCUT2D eigenvalue weighted by molar-refractivity contribution is 6.31. The summed E-state index contributed by atoms with van der Waals surface area (Å²) in [7, 11) is 0. The third-order valence-corrected chi connectivity index (χ3v) is 3.18. The van der Waals surface area contributed by atoms with E-state index in [1.807, 2.05) is 6.92 Å². The Balaban J connectivity index is 2.20. The van der Waals surface area contributed by atoms with Crippen molar-refractivity contribution in [1.82, 2.24) is 9.47 Å². The summed E-state index contributed by atoms with van der Waals surface area (Å²) in [5, 5.41) is 19.3. The van der Waals surface area contributed by atoms with Crippen LogP contribution in [0.3, 0.4) is 0 Å². The Bertz CT molecular complexity index is 422. The van der Waals surface area contributed by atoms with Crippen molar-refractivity contribution in [2.75, 3.05) is 13.1 Å². The average Bonchev–Trinajstić information content (AvgIpc) is 2.82. The number of amides is 1. The fourth-order valence-electron chi connectivity index (χ4n) is 2.01. The highest BCUT2D eigenvalue weighted by atomic mass is 35.5. The minimum absolute atomic E-state index is 0.159. The first-order chi connectivity index (χ1) is 8.02. The number of carbonyl (C=O) groups excluding carboxylic acids is 1. The van der Waals surface area contributed by atoms with Crippen molar-refractivity contribution in [3.63, 3.8) is 0 Å². The largest absolute Gasteiger partial charge is 0.388 e. The monoisotopic (exact) mass is 258 g/mol. The predicted octanol–water partition coefficient (Wildman–Crippen LogP) is 0.339. The number of aryl methyl sites for hydroxylation is 1. The fraction of sp³-hybridized carbons (Fsp3) is 0.545. The van der Waals surface area contributed by atoms with E-state index in [9.17, 15) is 15.0 Å². The first-order valence-electron chi connectivity index (χ1n) is 5.54. The molecule has 2 N–H and O–H groups in total. The van der Waals surface area contributed by atoms with E-state index >= 15 is 0 Å². The zero-order valence-electron chi connectivity index (χ0n) is 9.51. The molecule has 0 bridgehead atoms. The maximum Gasteiger partial charge on any atom is 0.270 e. The molecule has 17 heavy (non-hydrogen) atoms. The summed E-state index contributed by atoms with van der Waals surface area (Å²) in [6.07, 6.45) is -0.0310. The molecule has 5 nitrogen and oxygen atoms in total. The van der Waals surface area contributed by atoms with Gasteiger partial charge in [0.1, 0.15) is 5.69 Å². The Morgan fingerprint density at radius 2 is 2.06 bits per heavy atom. The number of aliphatic hydroxyl groups excluding tert-OH is 2. The molecule has 1 aliphatic heterocycles. The van der Waals surface area contributed by atoms with Crippen molar-refractivity contribution >= 4 is 17.5 Å². The van der Waals surface area contributed by atoms with Gasteiger partial charge in [0.05, 0.1) is 17.2 Å². The van der Waals surface area contributed by atoms with Crippen LogP contribution in [0.25, 0.3) is 0 Å². The fourth-order valence-corrected chi connectivity index (χ4v) is 2.23. The number of rotatable bonds is 2. The van der Waals surface area contributed by atoms with Gasteiger partial charge in [-0.15, -0.1) is 0 Å². The third kappa shape index (κ3) is 2.31. The molecule has 2 heterocycles. The van der Waals surface area contributed by atoms with Crippen LogP contribution in [0, 0.1) is 0 Å². The molecule has 0 saturated carbocycles. The summed E-state index contributed by atoms with van der Waals surface area (Å²) in [4.78, 5) is 13.6. The van der Waals surface area contributed by atoms with E-state index in [1.165, 1.54) is 4.90 Å². The molecule has 1 fully saturated rings. The van der Waals surface area contributed by atoms with Gasteiger partial charge in [0.15, 0.2) is 0 Å². The van der Waals surface area contributed by atoms with E-state index < -0.39 is 12.2 Å². The van der Waals surface area contributed by atoms with Crippen LogP contribution in [0.1, 0.15) is 17.4 Å². The molecule has 1 saturated heterocycles. The number of aromatic nitrogens is 1. The predicted molar refractivity (Wildman–Crippen MR) is 63.0 cm³/mol.